The molecule has 10 heteroatoms. The number of hydrogen-bond acceptors (Lipinski definition) is 5. The number of carbonyl (C=O) groups is 1. The Kier molecular flexibility index (Phi) is 6.18. The maximum absolute atomic E-state index is 12.5. The van der Waals surface area contributed by atoms with Crippen LogP contribution < -0.4 is 10.0 Å². The van der Waals surface area contributed by atoms with Crippen LogP contribution in [0.5, 0.6) is 0 Å². The Morgan fingerprint density at radius 2 is 1.59 bits per heavy atom. The summed E-state index contributed by atoms with van der Waals surface area (Å²) in [4.78, 5) is 12.7. The van der Waals surface area contributed by atoms with Crippen molar-refractivity contribution in [3.05, 3.63) is 58.6 Å². The fourth-order valence-corrected chi connectivity index (χ4v) is 3.73. The van der Waals surface area contributed by atoms with E-state index in [1.165, 1.54) is 30.3 Å². The van der Waals surface area contributed by atoms with Gasteiger partial charge in [0.05, 0.1) is 27.8 Å². The number of amides is 1. The topological polar surface area (TPSA) is 109 Å². The van der Waals surface area contributed by atoms with Gasteiger partial charge in [0.25, 0.3) is 5.91 Å². The third-order valence-corrected chi connectivity index (χ3v) is 5.73. The minimum atomic E-state index is -3.49. The van der Waals surface area contributed by atoms with Gasteiger partial charge in [-0.1, -0.05) is 23.7 Å². The van der Waals surface area contributed by atoms with Crippen molar-refractivity contribution < 1.29 is 21.6 Å². The van der Waals surface area contributed by atoms with Crippen LogP contribution in [0.2, 0.25) is 5.02 Å². The van der Waals surface area contributed by atoms with Crippen LogP contribution in [0.3, 0.4) is 0 Å². The summed E-state index contributed by atoms with van der Waals surface area (Å²) in [6, 6.07) is 9.97. The van der Waals surface area contributed by atoms with E-state index >= 15 is 0 Å². The molecule has 0 saturated heterocycles. The van der Waals surface area contributed by atoms with Gasteiger partial charge in [-0.2, -0.15) is 0 Å². The van der Waals surface area contributed by atoms with Crippen molar-refractivity contribution in [2.24, 2.45) is 0 Å². The van der Waals surface area contributed by atoms with Gasteiger partial charge in [0.15, 0.2) is 9.84 Å². The molecule has 0 spiro atoms. The van der Waals surface area contributed by atoms with Gasteiger partial charge in [0, 0.05) is 11.9 Å². The molecule has 2 N–H and O–H groups in total. The Morgan fingerprint density at radius 3 is 2.11 bits per heavy atom. The van der Waals surface area contributed by atoms with Gasteiger partial charge in [0.1, 0.15) is 0 Å². The molecule has 0 fully saturated rings. The van der Waals surface area contributed by atoms with Crippen molar-refractivity contribution in [1.29, 1.82) is 0 Å². The average Bonchev–Trinajstić information content (AvgIpc) is 2.54. The molecule has 2 aromatic rings. The van der Waals surface area contributed by atoms with Crippen LogP contribution in [0.4, 0.5) is 5.69 Å². The molecule has 0 aromatic heterocycles. The van der Waals surface area contributed by atoms with E-state index in [2.05, 4.69) is 10.0 Å². The Balaban J connectivity index is 2.20. The quantitative estimate of drug-likeness (QED) is 0.732. The van der Waals surface area contributed by atoms with Gasteiger partial charge in [-0.3, -0.25) is 9.52 Å². The van der Waals surface area contributed by atoms with E-state index in [1.807, 2.05) is 0 Å². The van der Waals surface area contributed by atoms with Gasteiger partial charge < -0.3 is 5.32 Å². The third-order valence-electron chi connectivity index (χ3n) is 3.67. The molecule has 146 valence electrons. The summed E-state index contributed by atoms with van der Waals surface area (Å²) in [5.74, 6) is -0.489. The maximum atomic E-state index is 12.5. The van der Waals surface area contributed by atoms with Crippen LogP contribution in [0, 0.1) is 0 Å². The van der Waals surface area contributed by atoms with Crippen molar-refractivity contribution in [2.75, 3.05) is 17.2 Å². The molecule has 1 unspecified atom stereocenters. The zero-order valence-electron chi connectivity index (χ0n) is 14.9. The predicted molar refractivity (Wildman–Crippen MR) is 105 cm³/mol. The molecule has 2 aromatic carbocycles. The van der Waals surface area contributed by atoms with Crippen LogP contribution >= 0.6 is 11.6 Å². The number of carbonyl (C=O) groups excluding carboxylic acids is 1. The summed E-state index contributed by atoms with van der Waals surface area (Å²) in [5.41, 5.74) is 1.04. The highest BCUT2D eigenvalue weighted by Crippen LogP contribution is 2.23. The largest absolute Gasteiger partial charge is 0.345 e. The molecule has 0 saturated carbocycles. The van der Waals surface area contributed by atoms with Crippen molar-refractivity contribution in [3.63, 3.8) is 0 Å². The molecule has 2 rings (SSSR count). The molecule has 7 nitrogen and oxygen atoms in total. The van der Waals surface area contributed by atoms with Crippen molar-refractivity contribution in [1.82, 2.24) is 5.32 Å². The molecule has 0 heterocycles. The minimum absolute atomic E-state index is 0.116. The van der Waals surface area contributed by atoms with Crippen molar-refractivity contribution in [3.8, 4) is 0 Å². The predicted octanol–water partition coefficient (Wildman–Crippen LogP) is 2.61. The fourth-order valence-electron chi connectivity index (χ4n) is 2.34. The highest BCUT2D eigenvalue weighted by molar-refractivity contribution is 7.92. The highest BCUT2D eigenvalue weighted by Gasteiger charge is 2.16. The van der Waals surface area contributed by atoms with E-state index in [-0.39, 0.29) is 21.2 Å². The summed E-state index contributed by atoms with van der Waals surface area (Å²) < 4.78 is 48.0. The smallest absolute Gasteiger partial charge is 0.253 e. The van der Waals surface area contributed by atoms with Crippen LogP contribution in [0.1, 0.15) is 28.9 Å². The van der Waals surface area contributed by atoms with E-state index in [9.17, 15) is 21.6 Å². The zero-order chi connectivity index (χ0) is 20.4. The first-order valence-electron chi connectivity index (χ1n) is 7.75. The molecule has 1 atom stereocenters. The first-order chi connectivity index (χ1) is 12.4. The lowest BCUT2D eigenvalue weighted by Gasteiger charge is -2.16. The molecule has 0 aliphatic carbocycles. The number of nitrogens with one attached hydrogen (secondary N) is 2. The lowest BCUT2D eigenvalue weighted by Crippen LogP contribution is -2.27. The summed E-state index contributed by atoms with van der Waals surface area (Å²) in [6.07, 6.45) is 2.12. The van der Waals surface area contributed by atoms with E-state index in [1.54, 1.807) is 19.1 Å². The van der Waals surface area contributed by atoms with Crippen molar-refractivity contribution in [2.45, 2.75) is 17.9 Å². The molecule has 0 aliphatic rings. The normalized spacial score (nSPS) is 13.0. The lowest BCUT2D eigenvalue weighted by atomic mass is 10.1. The van der Waals surface area contributed by atoms with E-state index in [0.717, 1.165) is 12.5 Å². The Labute approximate surface area is 163 Å². The molecule has 0 radical (unpaired) electrons. The molecule has 0 bridgehead atoms. The SMILES string of the molecule is CC(NC(=O)c1cc(NS(C)(=O)=O)ccc1Cl)c1ccc(S(C)(=O)=O)cc1. The number of anilines is 1. The van der Waals surface area contributed by atoms with E-state index in [0.29, 0.717) is 5.56 Å². The summed E-state index contributed by atoms with van der Waals surface area (Å²) in [7, 11) is -6.79. The number of rotatable bonds is 6. The Morgan fingerprint density at radius 1 is 1.00 bits per heavy atom. The fraction of sp³-hybridized carbons (Fsp3) is 0.235. The van der Waals surface area contributed by atoms with Crippen molar-refractivity contribution >= 4 is 43.1 Å². The summed E-state index contributed by atoms with van der Waals surface area (Å²) >= 11 is 6.06. The maximum Gasteiger partial charge on any atom is 0.253 e. The molecule has 27 heavy (non-hydrogen) atoms. The van der Waals surface area contributed by atoms with Crippen LogP contribution in [-0.4, -0.2) is 35.3 Å². The van der Waals surface area contributed by atoms with Crippen LogP contribution in [0.25, 0.3) is 0 Å². The molecule has 1 amide bonds. The van der Waals surface area contributed by atoms with Crippen LogP contribution in [0.15, 0.2) is 47.4 Å². The number of hydrogen-bond donors (Lipinski definition) is 2. The monoisotopic (exact) mass is 430 g/mol. The van der Waals surface area contributed by atoms with Gasteiger partial charge in [-0.15, -0.1) is 0 Å². The Bertz CT molecular complexity index is 1070. The lowest BCUT2D eigenvalue weighted by molar-refractivity contribution is 0.0940. The molecule has 0 aliphatic heterocycles. The van der Waals surface area contributed by atoms with Gasteiger partial charge in [-0.25, -0.2) is 16.8 Å². The number of halogens is 1. The number of benzene rings is 2. The van der Waals surface area contributed by atoms with Gasteiger partial charge >= 0.3 is 0 Å². The van der Waals surface area contributed by atoms with E-state index < -0.39 is 31.8 Å². The van der Waals surface area contributed by atoms with E-state index in [4.69, 9.17) is 11.6 Å². The first-order valence-corrected chi connectivity index (χ1v) is 11.9. The minimum Gasteiger partial charge on any atom is -0.345 e. The highest BCUT2D eigenvalue weighted by atomic mass is 35.5. The second-order valence-corrected chi connectivity index (χ2v) is 10.3. The number of sulfonamides is 1. The standard InChI is InChI=1S/C17H19ClN2O5S2/c1-11(12-4-7-14(8-5-12)26(2,22)23)19-17(21)15-10-13(6-9-16(15)18)20-27(3,24)25/h4-11,20H,1-3H3,(H,19,21). The summed E-state index contributed by atoms with van der Waals surface area (Å²) in [6.45, 7) is 1.74. The molecular formula is C17H19ClN2O5S2. The van der Waals surface area contributed by atoms with Gasteiger partial charge in [-0.05, 0) is 42.8 Å². The summed E-state index contributed by atoms with van der Waals surface area (Å²) in [5, 5.41) is 2.92. The zero-order valence-corrected chi connectivity index (χ0v) is 17.2. The second kappa shape index (κ2) is 7.87. The van der Waals surface area contributed by atoms with Gasteiger partial charge in [0.2, 0.25) is 10.0 Å². The first kappa shape index (κ1) is 21.2. The number of sulfone groups is 1. The molecular weight excluding hydrogens is 412 g/mol. The van der Waals surface area contributed by atoms with Crippen LogP contribution in [-0.2, 0) is 19.9 Å². The Hall–Kier alpha value is -2.10. The average molecular weight is 431 g/mol. The third kappa shape index (κ3) is 5.95. The second-order valence-electron chi connectivity index (χ2n) is 6.11.